The van der Waals surface area contributed by atoms with Crippen molar-refractivity contribution in [3.63, 3.8) is 0 Å². The molecule has 2 atom stereocenters. The van der Waals surface area contributed by atoms with Gasteiger partial charge in [0.15, 0.2) is 12.2 Å². The monoisotopic (exact) mass is 362 g/mol. The van der Waals surface area contributed by atoms with E-state index in [4.69, 9.17) is 23.7 Å². The van der Waals surface area contributed by atoms with Gasteiger partial charge in [0.25, 0.3) is 0 Å². The summed E-state index contributed by atoms with van der Waals surface area (Å²) in [5.74, 6) is -8.16. The average molecular weight is 362 g/mol. The van der Waals surface area contributed by atoms with Crippen LogP contribution in [-0.2, 0) is 42.9 Å². The number of carbonyl (C=O) groups excluding carboxylic acids is 3. The van der Waals surface area contributed by atoms with Crippen molar-refractivity contribution in [3.05, 3.63) is 0 Å². The lowest BCUT2D eigenvalue weighted by molar-refractivity contribution is -0.228. The van der Waals surface area contributed by atoms with E-state index in [-0.39, 0.29) is 13.2 Å². The fourth-order valence-electron chi connectivity index (χ4n) is 1.95. The van der Waals surface area contributed by atoms with E-state index >= 15 is 0 Å². The number of carboxylic acids is 1. The largest absolute Gasteiger partial charge is 0.479 e. The maximum absolute atomic E-state index is 12.2. The molecule has 0 saturated carbocycles. The highest BCUT2D eigenvalue weighted by Gasteiger charge is 2.65. The SMILES string of the molecule is CCOC(=O)C1(C(=O)OCC)OC(C(=O)O)C(C(=O)OC(C)(C)C)O1. The predicted molar refractivity (Wildman–Crippen MR) is 79.2 cm³/mol. The van der Waals surface area contributed by atoms with Crippen LogP contribution in [0.1, 0.15) is 34.6 Å². The third-order valence-electron chi connectivity index (χ3n) is 2.83. The molecule has 0 bridgehead atoms. The molecule has 1 fully saturated rings. The van der Waals surface area contributed by atoms with Crippen LogP contribution in [0.25, 0.3) is 0 Å². The average Bonchev–Trinajstić information content (AvgIpc) is 2.88. The van der Waals surface area contributed by atoms with Crippen molar-refractivity contribution < 1.29 is 48.0 Å². The van der Waals surface area contributed by atoms with Gasteiger partial charge in [-0.1, -0.05) is 0 Å². The molecule has 0 aliphatic carbocycles. The second-order valence-electron chi connectivity index (χ2n) is 6.01. The van der Waals surface area contributed by atoms with Gasteiger partial charge in [-0.25, -0.2) is 19.2 Å². The van der Waals surface area contributed by atoms with Crippen molar-refractivity contribution >= 4 is 23.9 Å². The van der Waals surface area contributed by atoms with Crippen molar-refractivity contribution in [1.82, 2.24) is 0 Å². The Balaban J connectivity index is 3.24. The molecule has 2 unspecified atom stereocenters. The zero-order chi connectivity index (χ0) is 19.4. The minimum absolute atomic E-state index is 0.137. The normalized spacial score (nSPS) is 22.1. The van der Waals surface area contributed by atoms with Crippen molar-refractivity contribution in [2.24, 2.45) is 0 Å². The number of hydrogen-bond donors (Lipinski definition) is 1. The zero-order valence-electron chi connectivity index (χ0n) is 14.7. The fourth-order valence-corrected chi connectivity index (χ4v) is 1.95. The van der Waals surface area contributed by atoms with Crippen LogP contribution in [0.3, 0.4) is 0 Å². The van der Waals surface area contributed by atoms with Gasteiger partial charge in [-0.3, -0.25) is 0 Å². The third-order valence-corrected chi connectivity index (χ3v) is 2.83. The Bertz CT molecular complexity index is 529. The molecule has 142 valence electrons. The van der Waals surface area contributed by atoms with E-state index in [2.05, 4.69) is 0 Å². The standard InChI is InChI=1S/C15H22O10/c1-6-21-12(19)15(13(20)22-7-2)23-8(10(16)17)9(24-15)11(18)25-14(3,4)5/h8-9H,6-7H2,1-5H3,(H,16,17). The Hall–Kier alpha value is -2.20. The molecular formula is C15H22O10. The minimum atomic E-state index is -2.81. The van der Waals surface area contributed by atoms with E-state index in [0.717, 1.165) is 0 Å². The Morgan fingerprint density at radius 3 is 1.76 bits per heavy atom. The summed E-state index contributed by atoms with van der Waals surface area (Å²) in [6.07, 6.45) is -3.81. The van der Waals surface area contributed by atoms with Crippen LogP contribution in [-0.4, -0.2) is 65.8 Å². The molecule has 1 N–H and O–H groups in total. The molecule has 0 aromatic heterocycles. The molecule has 1 rings (SSSR count). The summed E-state index contributed by atoms with van der Waals surface area (Å²) in [4.78, 5) is 48.0. The van der Waals surface area contributed by atoms with Gasteiger partial charge in [0.05, 0.1) is 13.2 Å². The molecule has 0 aromatic rings. The van der Waals surface area contributed by atoms with Gasteiger partial charge in [-0.2, -0.15) is 0 Å². The Morgan fingerprint density at radius 1 is 0.960 bits per heavy atom. The molecule has 1 heterocycles. The van der Waals surface area contributed by atoms with Gasteiger partial charge >= 0.3 is 29.7 Å². The molecule has 0 amide bonds. The summed E-state index contributed by atoms with van der Waals surface area (Å²) >= 11 is 0. The van der Waals surface area contributed by atoms with Crippen LogP contribution in [0.4, 0.5) is 0 Å². The molecule has 10 heteroatoms. The number of hydrogen-bond acceptors (Lipinski definition) is 9. The van der Waals surface area contributed by atoms with E-state index in [9.17, 15) is 24.3 Å². The highest BCUT2D eigenvalue weighted by Crippen LogP contribution is 2.33. The lowest BCUT2D eigenvalue weighted by Crippen LogP contribution is -2.51. The Morgan fingerprint density at radius 2 is 1.40 bits per heavy atom. The number of rotatable bonds is 6. The van der Waals surface area contributed by atoms with Crippen molar-refractivity contribution in [3.8, 4) is 0 Å². The summed E-state index contributed by atoms with van der Waals surface area (Å²) in [5.41, 5.74) is -0.956. The van der Waals surface area contributed by atoms with Crippen LogP contribution in [0.2, 0.25) is 0 Å². The summed E-state index contributed by atoms with van der Waals surface area (Å²) < 4.78 is 24.6. The molecule has 0 aromatic carbocycles. The van der Waals surface area contributed by atoms with E-state index in [0.29, 0.717) is 0 Å². The number of esters is 3. The predicted octanol–water partition coefficient (Wildman–Crippen LogP) is 0.0192. The van der Waals surface area contributed by atoms with Crippen molar-refractivity contribution in [2.75, 3.05) is 13.2 Å². The first kappa shape index (κ1) is 20.8. The molecule has 1 aliphatic rings. The molecule has 25 heavy (non-hydrogen) atoms. The summed E-state index contributed by atoms with van der Waals surface area (Å²) in [7, 11) is 0. The van der Waals surface area contributed by atoms with Gasteiger partial charge in [-0.15, -0.1) is 0 Å². The highest BCUT2D eigenvalue weighted by atomic mass is 16.8. The summed E-state index contributed by atoms with van der Waals surface area (Å²) in [6, 6.07) is 0. The zero-order valence-corrected chi connectivity index (χ0v) is 14.7. The van der Waals surface area contributed by atoms with Gasteiger partial charge in [0.1, 0.15) is 5.60 Å². The lowest BCUT2D eigenvalue weighted by Gasteiger charge is -2.24. The van der Waals surface area contributed by atoms with Gasteiger partial charge < -0.3 is 28.8 Å². The molecule has 0 spiro atoms. The van der Waals surface area contributed by atoms with E-state index < -0.39 is 47.5 Å². The fraction of sp³-hybridized carbons (Fsp3) is 0.733. The molecule has 0 radical (unpaired) electrons. The van der Waals surface area contributed by atoms with Crippen LogP contribution in [0.5, 0.6) is 0 Å². The first-order chi connectivity index (χ1) is 11.5. The quantitative estimate of drug-likeness (QED) is 0.391. The molecule has 1 aliphatic heterocycles. The van der Waals surface area contributed by atoms with Gasteiger partial charge in [-0.05, 0) is 34.6 Å². The second-order valence-corrected chi connectivity index (χ2v) is 6.01. The number of aliphatic carboxylic acids is 1. The van der Waals surface area contributed by atoms with Crippen molar-refractivity contribution in [1.29, 1.82) is 0 Å². The first-order valence-corrected chi connectivity index (χ1v) is 7.64. The maximum Gasteiger partial charge on any atom is 0.379 e. The van der Waals surface area contributed by atoms with E-state index in [1.165, 1.54) is 13.8 Å². The van der Waals surface area contributed by atoms with Crippen LogP contribution < -0.4 is 0 Å². The summed E-state index contributed by atoms with van der Waals surface area (Å²) in [5, 5.41) is 9.27. The maximum atomic E-state index is 12.2. The van der Waals surface area contributed by atoms with E-state index in [1.807, 2.05) is 0 Å². The van der Waals surface area contributed by atoms with Crippen LogP contribution in [0, 0.1) is 0 Å². The summed E-state index contributed by atoms with van der Waals surface area (Å²) in [6.45, 7) is 7.32. The minimum Gasteiger partial charge on any atom is -0.479 e. The highest BCUT2D eigenvalue weighted by molar-refractivity contribution is 6.03. The van der Waals surface area contributed by atoms with Crippen molar-refractivity contribution in [2.45, 2.75) is 58.2 Å². The Kier molecular flexibility index (Phi) is 6.49. The second kappa shape index (κ2) is 7.79. The number of carboxylic acid groups (broad SMARTS) is 1. The molecular weight excluding hydrogens is 340 g/mol. The van der Waals surface area contributed by atoms with Gasteiger partial charge in [0, 0.05) is 0 Å². The third kappa shape index (κ3) is 4.67. The molecule has 10 nitrogen and oxygen atoms in total. The lowest BCUT2D eigenvalue weighted by atomic mass is 10.1. The van der Waals surface area contributed by atoms with Gasteiger partial charge in [0.2, 0.25) is 0 Å². The first-order valence-electron chi connectivity index (χ1n) is 7.64. The number of ether oxygens (including phenoxy) is 5. The smallest absolute Gasteiger partial charge is 0.379 e. The number of carbonyl (C=O) groups is 4. The van der Waals surface area contributed by atoms with Crippen LogP contribution >= 0.6 is 0 Å². The molecule has 1 saturated heterocycles. The topological polar surface area (TPSA) is 135 Å². The Labute approximate surface area is 144 Å². The van der Waals surface area contributed by atoms with E-state index in [1.54, 1.807) is 20.8 Å². The van der Waals surface area contributed by atoms with Crippen LogP contribution in [0.15, 0.2) is 0 Å².